The highest BCUT2D eigenvalue weighted by atomic mass is 79.9. The number of halogens is 1. The lowest BCUT2D eigenvalue weighted by molar-refractivity contribution is -0.116. The summed E-state index contributed by atoms with van der Waals surface area (Å²) in [4.78, 5) is 20.0. The molecule has 0 aliphatic carbocycles. The van der Waals surface area contributed by atoms with Gasteiger partial charge >= 0.3 is 0 Å². The van der Waals surface area contributed by atoms with Gasteiger partial charge in [0.2, 0.25) is 5.91 Å². The molecule has 1 amide bonds. The van der Waals surface area contributed by atoms with Crippen molar-refractivity contribution in [3.8, 4) is 0 Å². The maximum absolute atomic E-state index is 11.9. The molecule has 1 heterocycles. The van der Waals surface area contributed by atoms with E-state index in [9.17, 15) is 4.79 Å². The van der Waals surface area contributed by atoms with Gasteiger partial charge in [0.05, 0.1) is 12.4 Å². The van der Waals surface area contributed by atoms with E-state index in [0.717, 1.165) is 11.3 Å². The van der Waals surface area contributed by atoms with E-state index in [0.29, 0.717) is 16.8 Å². The van der Waals surface area contributed by atoms with E-state index in [1.54, 1.807) is 6.20 Å². The largest absolute Gasteiger partial charge is 0.399 e. The van der Waals surface area contributed by atoms with Crippen LogP contribution in [0.3, 0.4) is 0 Å². The Morgan fingerprint density at radius 2 is 2.00 bits per heavy atom. The molecule has 20 heavy (non-hydrogen) atoms. The average Bonchev–Trinajstić information content (AvgIpc) is 2.42. The van der Waals surface area contributed by atoms with Crippen LogP contribution >= 0.6 is 15.9 Å². The van der Waals surface area contributed by atoms with Gasteiger partial charge in [0, 0.05) is 12.1 Å². The molecule has 3 N–H and O–H groups in total. The summed E-state index contributed by atoms with van der Waals surface area (Å²) in [5, 5.41) is 2.72. The van der Waals surface area contributed by atoms with Crippen LogP contribution in [0.4, 0.5) is 11.5 Å². The Bertz CT molecular complexity index is 583. The first-order valence-corrected chi connectivity index (χ1v) is 6.96. The predicted molar refractivity (Wildman–Crippen MR) is 82.2 cm³/mol. The number of carbonyl (C=O) groups excluding carboxylic acids is 1. The molecule has 0 saturated heterocycles. The number of hydrogen-bond donors (Lipinski definition) is 2. The van der Waals surface area contributed by atoms with Crippen molar-refractivity contribution < 1.29 is 4.79 Å². The Kier molecular flexibility index (Phi) is 4.68. The highest BCUT2D eigenvalue weighted by Gasteiger charge is 2.12. The molecule has 2 aromatic rings. The highest BCUT2D eigenvalue weighted by Crippen LogP contribution is 2.20. The zero-order valence-corrected chi connectivity index (χ0v) is 12.6. The Morgan fingerprint density at radius 3 is 2.60 bits per heavy atom. The molecule has 0 radical (unpaired) electrons. The molecular formula is C14H15BrN4O. The Hall–Kier alpha value is -1.95. The van der Waals surface area contributed by atoms with Crippen molar-refractivity contribution in [2.24, 2.45) is 0 Å². The number of benzene rings is 1. The molecule has 1 aromatic carbocycles. The number of aromatic nitrogens is 2. The zero-order chi connectivity index (χ0) is 14.5. The molecule has 0 aliphatic heterocycles. The number of carbonyl (C=O) groups is 1. The fourth-order valence-corrected chi connectivity index (χ4v) is 2.00. The summed E-state index contributed by atoms with van der Waals surface area (Å²) in [5.41, 5.74) is 7.44. The molecule has 0 saturated carbocycles. The van der Waals surface area contributed by atoms with Crippen molar-refractivity contribution in [3.05, 3.63) is 46.8 Å². The van der Waals surface area contributed by atoms with Crippen LogP contribution in [-0.4, -0.2) is 15.9 Å². The third-order valence-electron chi connectivity index (χ3n) is 2.88. The summed E-state index contributed by atoms with van der Waals surface area (Å²) in [6.45, 7) is 2.00. The second-order valence-electron chi connectivity index (χ2n) is 4.54. The number of nitrogen functional groups attached to an aromatic ring is 1. The number of nitrogens with one attached hydrogen (secondary N) is 1. The van der Waals surface area contributed by atoms with E-state index < -0.39 is 0 Å². The fourth-order valence-electron chi connectivity index (χ4n) is 1.79. The van der Waals surface area contributed by atoms with E-state index in [2.05, 4.69) is 31.2 Å². The molecule has 0 aliphatic rings. The second-order valence-corrected chi connectivity index (χ2v) is 5.36. The fraction of sp³-hybridized carbons (Fsp3) is 0.214. The van der Waals surface area contributed by atoms with Crippen LogP contribution in [0.25, 0.3) is 0 Å². The summed E-state index contributed by atoms with van der Waals surface area (Å²) >= 11 is 3.19. The number of hydrogen-bond acceptors (Lipinski definition) is 4. The van der Waals surface area contributed by atoms with Crippen LogP contribution in [-0.2, 0) is 4.79 Å². The summed E-state index contributed by atoms with van der Waals surface area (Å²) in [6.07, 6.45) is 3.43. The zero-order valence-electron chi connectivity index (χ0n) is 11.0. The van der Waals surface area contributed by atoms with E-state index in [4.69, 9.17) is 5.73 Å². The van der Waals surface area contributed by atoms with Gasteiger partial charge in [0.25, 0.3) is 0 Å². The molecule has 1 aromatic heterocycles. The number of rotatable bonds is 4. The Labute approximate surface area is 125 Å². The van der Waals surface area contributed by atoms with Gasteiger partial charge < -0.3 is 11.1 Å². The van der Waals surface area contributed by atoms with Crippen LogP contribution in [0, 0.1) is 0 Å². The molecule has 0 bridgehead atoms. The lowest BCUT2D eigenvalue weighted by Gasteiger charge is -2.12. The van der Waals surface area contributed by atoms with Gasteiger partial charge in [-0.05, 0) is 39.5 Å². The van der Waals surface area contributed by atoms with E-state index in [-0.39, 0.29) is 11.8 Å². The Balaban J connectivity index is 1.93. The SMILES string of the molecule is CC(CC(=O)Nc1cnc(Br)cn1)c1ccc(N)cc1. The minimum atomic E-state index is -0.0917. The minimum Gasteiger partial charge on any atom is -0.399 e. The van der Waals surface area contributed by atoms with Crippen molar-refractivity contribution in [1.29, 1.82) is 0 Å². The van der Waals surface area contributed by atoms with Gasteiger partial charge in [-0.3, -0.25) is 4.79 Å². The first-order chi connectivity index (χ1) is 9.54. The average molecular weight is 335 g/mol. The van der Waals surface area contributed by atoms with Crippen molar-refractivity contribution in [3.63, 3.8) is 0 Å². The van der Waals surface area contributed by atoms with E-state index in [1.165, 1.54) is 6.20 Å². The monoisotopic (exact) mass is 334 g/mol. The van der Waals surface area contributed by atoms with Gasteiger partial charge in [-0.1, -0.05) is 19.1 Å². The van der Waals surface area contributed by atoms with Gasteiger partial charge in [-0.2, -0.15) is 0 Å². The second kappa shape index (κ2) is 6.47. The molecular weight excluding hydrogens is 320 g/mol. The number of amides is 1. The number of nitrogens with zero attached hydrogens (tertiary/aromatic N) is 2. The number of nitrogens with two attached hydrogens (primary N) is 1. The van der Waals surface area contributed by atoms with Gasteiger partial charge in [0.1, 0.15) is 4.60 Å². The van der Waals surface area contributed by atoms with Crippen molar-refractivity contribution in [1.82, 2.24) is 9.97 Å². The normalized spacial score (nSPS) is 11.9. The summed E-state index contributed by atoms with van der Waals surface area (Å²) in [5.74, 6) is 0.465. The quantitative estimate of drug-likeness (QED) is 0.842. The molecule has 6 heteroatoms. The van der Waals surface area contributed by atoms with Gasteiger partial charge in [-0.25, -0.2) is 9.97 Å². The molecule has 5 nitrogen and oxygen atoms in total. The van der Waals surface area contributed by atoms with Gasteiger partial charge in [0.15, 0.2) is 5.82 Å². The molecule has 1 atom stereocenters. The summed E-state index contributed by atoms with van der Waals surface area (Å²) < 4.78 is 0.630. The maximum Gasteiger partial charge on any atom is 0.226 e. The van der Waals surface area contributed by atoms with Crippen LogP contribution in [0.5, 0.6) is 0 Å². The van der Waals surface area contributed by atoms with E-state index in [1.807, 2.05) is 31.2 Å². The lowest BCUT2D eigenvalue weighted by Crippen LogP contribution is -2.15. The number of anilines is 2. The third-order valence-corrected chi connectivity index (χ3v) is 3.29. The first kappa shape index (κ1) is 14.5. The first-order valence-electron chi connectivity index (χ1n) is 6.17. The maximum atomic E-state index is 11.9. The molecule has 0 spiro atoms. The standard InChI is InChI=1S/C14H15BrN4O/c1-9(10-2-4-11(16)5-3-10)6-14(20)19-13-8-17-12(15)7-18-13/h2-5,7-9H,6,16H2,1H3,(H,18,19,20). The van der Waals surface area contributed by atoms with Crippen LogP contribution in [0.15, 0.2) is 41.3 Å². The molecule has 1 unspecified atom stereocenters. The molecule has 0 fully saturated rings. The van der Waals surface area contributed by atoms with Gasteiger partial charge in [-0.15, -0.1) is 0 Å². The predicted octanol–water partition coefficient (Wildman–Crippen LogP) is 2.95. The van der Waals surface area contributed by atoms with Crippen molar-refractivity contribution in [2.75, 3.05) is 11.1 Å². The van der Waals surface area contributed by atoms with E-state index >= 15 is 0 Å². The van der Waals surface area contributed by atoms with Crippen molar-refractivity contribution >= 4 is 33.3 Å². The third kappa shape index (κ3) is 4.03. The molecule has 104 valence electrons. The smallest absolute Gasteiger partial charge is 0.226 e. The lowest BCUT2D eigenvalue weighted by atomic mass is 9.97. The van der Waals surface area contributed by atoms with Crippen molar-refractivity contribution in [2.45, 2.75) is 19.3 Å². The van der Waals surface area contributed by atoms with Crippen LogP contribution in [0.1, 0.15) is 24.8 Å². The highest BCUT2D eigenvalue weighted by molar-refractivity contribution is 9.10. The minimum absolute atomic E-state index is 0.0917. The van der Waals surface area contributed by atoms with Crippen LogP contribution < -0.4 is 11.1 Å². The van der Waals surface area contributed by atoms with Crippen LogP contribution in [0.2, 0.25) is 0 Å². The topological polar surface area (TPSA) is 80.9 Å². The summed E-state index contributed by atoms with van der Waals surface area (Å²) in [7, 11) is 0. The molecule has 2 rings (SSSR count). The Morgan fingerprint density at radius 1 is 1.30 bits per heavy atom. The summed E-state index contributed by atoms with van der Waals surface area (Å²) in [6, 6.07) is 7.55.